The zero-order chi connectivity index (χ0) is 22.4. The van der Waals surface area contributed by atoms with Crippen LogP contribution in [0.4, 0.5) is 0 Å². The van der Waals surface area contributed by atoms with Gasteiger partial charge in [0, 0.05) is 18.3 Å². The van der Waals surface area contributed by atoms with Crippen molar-refractivity contribution in [2.75, 3.05) is 33.3 Å². The monoisotopic (exact) mass is 423 g/mol. The minimum Gasteiger partial charge on any atom is -0.507 e. The predicted octanol–water partition coefficient (Wildman–Crippen LogP) is 3.24. The fraction of sp³-hybridized carbons (Fsp3) is 0.375. The number of amides is 1. The Balaban J connectivity index is 1.98. The van der Waals surface area contributed by atoms with Crippen LogP contribution in [-0.4, -0.2) is 64.9 Å². The lowest BCUT2D eigenvalue weighted by molar-refractivity contribution is -0.140. The largest absolute Gasteiger partial charge is 0.507 e. The number of ether oxygens (including phenoxy) is 1. The van der Waals surface area contributed by atoms with E-state index in [2.05, 4.69) is 23.7 Å². The van der Waals surface area contributed by atoms with Crippen molar-refractivity contribution < 1.29 is 19.4 Å². The highest BCUT2D eigenvalue weighted by Gasteiger charge is 2.46. The second-order valence-corrected chi connectivity index (χ2v) is 7.36. The van der Waals surface area contributed by atoms with E-state index in [0.29, 0.717) is 23.6 Å². The molecular formula is C24H29N3O4. The molecule has 31 heavy (non-hydrogen) atoms. The van der Waals surface area contributed by atoms with Crippen molar-refractivity contribution >= 4 is 17.4 Å². The Bertz CT molecular complexity index is 937. The van der Waals surface area contributed by atoms with Gasteiger partial charge in [0.05, 0.1) is 18.4 Å². The van der Waals surface area contributed by atoms with E-state index < -0.39 is 17.7 Å². The SMILES string of the molecule is CCN(CC)CCCN1C(=O)C(=O)/C(=C(/O)c2ccc(OC)cc2)[C@H]1c1ccccn1. The Labute approximate surface area is 183 Å². The fourth-order valence-electron chi connectivity index (χ4n) is 3.86. The van der Waals surface area contributed by atoms with E-state index in [0.717, 1.165) is 26.1 Å². The van der Waals surface area contributed by atoms with Gasteiger partial charge in [-0.1, -0.05) is 19.9 Å². The third-order valence-corrected chi connectivity index (χ3v) is 5.64. The number of nitrogens with zero attached hydrogens (tertiary/aromatic N) is 3. The summed E-state index contributed by atoms with van der Waals surface area (Å²) >= 11 is 0. The van der Waals surface area contributed by atoms with Crippen molar-refractivity contribution in [2.24, 2.45) is 0 Å². The summed E-state index contributed by atoms with van der Waals surface area (Å²) in [5.41, 5.74) is 1.07. The van der Waals surface area contributed by atoms with Gasteiger partial charge in [-0.05, 0) is 62.5 Å². The zero-order valence-electron chi connectivity index (χ0n) is 18.2. The van der Waals surface area contributed by atoms with E-state index >= 15 is 0 Å². The Hall–Kier alpha value is -3.19. The number of ketones is 1. The maximum atomic E-state index is 13.0. The first kappa shape index (κ1) is 22.5. The number of aliphatic hydroxyl groups is 1. The smallest absolute Gasteiger partial charge is 0.295 e. The van der Waals surface area contributed by atoms with Crippen LogP contribution in [0, 0.1) is 0 Å². The van der Waals surface area contributed by atoms with E-state index in [9.17, 15) is 14.7 Å². The van der Waals surface area contributed by atoms with Gasteiger partial charge in [-0.2, -0.15) is 0 Å². The number of methoxy groups -OCH3 is 1. The molecule has 0 saturated carbocycles. The highest BCUT2D eigenvalue weighted by molar-refractivity contribution is 6.46. The maximum Gasteiger partial charge on any atom is 0.295 e. The van der Waals surface area contributed by atoms with Crippen LogP contribution in [0.2, 0.25) is 0 Å². The molecule has 1 aliphatic rings. The van der Waals surface area contributed by atoms with E-state index in [1.165, 1.54) is 4.90 Å². The molecule has 1 saturated heterocycles. The predicted molar refractivity (Wildman–Crippen MR) is 119 cm³/mol. The number of benzene rings is 1. The van der Waals surface area contributed by atoms with Gasteiger partial charge >= 0.3 is 0 Å². The number of aromatic nitrogens is 1. The second kappa shape index (κ2) is 10.2. The molecule has 0 spiro atoms. The lowest BCUT2D eigenvalue weighted by atomic mass is 9.98. The van der Waals surface area contributed by atoms with Gasteiger partial charge in [0.15, 0.2) is 0 Å². The molecule has 2 aromatic rings. The number of pyridine rings is 1. The summed E-state index contributed by atoms with van der Waals surface area (Å²) in [4.78, 5) is 34.1. The molecule has 1 aromatic heterocycles. The molecular weight excluding hydrogens is 394 g/mol. The van der Waals surface area contributed by atoms with Crippen molar-refractivity contribution in [1.29, 1.82) is 0 Å². The van der Waals surface area contributed by atoms with Gasteiger partial charge in [-0.3, -0.25) is 14.6 Å². The van der Waals surface area contributed by atoms with Crippen molar-refractivity contribution in [2.45, 2.75) is 26.3 Å². The first-order valence-electron chi connectivity index (χ1n) is 10.6. The second-order valence-electron chi connectivity index (χ2n) is 7.36. The Morgan fingerprint density at radius 1 is 1.13 bits per heavy atom. The van der Waals surface area contributed by atoms with Crippen LogP contribution in [0.5, 0.6) is 5.75 Å². The minimum absolute atomic E-state index is 0.0664. The van der Waals surface area contributed by atoms with E-state index in [-0.39, 0.29) is 11.3 Å². The van der Waals surface area contributed by atoms with Crippen molar-refractivity contribution in [3.8, 4) is 5.75 Å². The Morgan fingerprint density at radius 2 is 1.84 bits per heavy atom. The lowest BCUT2D eigenvalue weighted by Gasteiger charge is -2.26. The molecule has 0 radical (unpaired) electrons. The van der Waals surface area contributed by atoms with Gasteiger partial charge in [-0.25, -0.2) is 0 Å². The summed E-state index contributed by atoms with van der Waals surface area (Å²) in [6.45, 7) is 7.27. The molecule has 7 heteroatoms. The van der Waals surface area contributed by atoms with Gasteiger partial charge in [0.1, 0.15) is 17.6 Å². The summed E-state index contributed by atoms with van der Waals surface area (Å²) < 4.78 is 5.16. The molecule has 1 fully saturated rings. The van der Waals surface area contributed by atoms with Gasteiger partial charge in [-0.15, -0.1) is 0 Å². The van der Waals surface area contributed by atoms with Crippen LogP contribution in [0.25, 0.3) is 5.76 Å². The lowest BCUT2D eigenvalue weighted by Crippen LogP contribution is -2.33. The molecule has 0 aliphatic carbocycles. The standard InChI is InChI=1S/C24H29N3O4/c1-4-26(5-2)15-8-16-27-21(19-9-6-7-14-25-19)20(23(29)24(27)30)22(28)17-10-12-18(31-3)13-11-17/h6-7,9-14,21,28H,4-5,8,15-16H2,1-3H3/b22-20+/t21-/m1/s1. The first-order chi connectivity index (χ1) is 15.0. The highest BCUT2D eigenvalue weighted by atomic mass is 16.5. The number of Topliss-reactive ketones (excluding diaryl/α,β-unsaturated/α-hetero) is 1. The van der Waals surface area contributed by atoms with Crippen LogP contribution >= 0.6 is 0 Å². The molecule has 2 heterocycles. The summed E-state index contributed by atoms with van der Waals surface area (Å²) in [6.07, 6.45) is 2.35. The number of aliphatic hydroxyl groups excluding tert-OH is 1. The van der Waals surface area contributed by atoms with Crippen LogP contribution in [-0.2, 0) is 9.59 Å². The average Bonchev–Trinajstić information content (AvgIpc) is 3.07. The number of carbonyl (C=O) groups is 2. The summed E-state index contributed by atoms with van der Waals surface area (Å²) in [7, 11) is 1.56. The molecule has 3 rings (SSSR count). The van der Waals surface area contributed by atoms with E-state index in [1.54, 1.807) is 49.7 Å². The van der Waals surface area contributed by atoms with Crippen molar-refractivity contribution in [1.82, 2.24) is 14.8 Å². The molecule has 0 unspecified atom stereocenters. The molecule has 1 N–H and O–H groups in total. The Morgan fingerprint density at radius 3 is 2.42 bits per heavy atom. The van der Waals surface area contributed by atoms with Gasteiger partial charge in [0.2, 0.25) is 0 Å². The normalized spacial score (nSPS) is 18.1. The van der Waals surface area contributed by atoms with E-state index in [1.807, 2.05) is 6.07 Å². The zero-order valence-corrected chi connectivity index (χ0v) is 18.2. The first-order valence-corrected chi connectivity index (χ1v) is 10.6. The third kappa shape index (κ3) is 4.77. The van der Waals surface area contributed by atoms with Gasteiger partial charge in [0.25, 0.3) is 11.7 Å². The van der Waals surface area contributed by atoms with Crippen LogP contribution in [0.15, 0.2) is 54.2 Å². The summed E-state index contributed by atoms with van der Waals surface area (Å²) in [5.74, 6) is -0.866. The number of rotatable bonds is 9. The summed E-state index contributed by atoms with van der Waals surface area (Å²) in [5, 5.41) is 11.0. The summed E-state index contributed by atoms with van der Waals surface area (Å²) in [6, 6.07) is 11.4. The molecule has 1 amide bonds. The quantitative estimate of drug-likeness (QED) is 0.379. The number of carbonyl (C=O) groups excluding carboxylic acids is 2. The minimum atomic E-state index is -0.722. The van der Waals surface area contributed by atoms with Crippen LogP contribution < -0.4 is 4.74 Å². The van der Waals surface area contributed by atoms with Crippen LogP contribution in [0.1, 0.15) is 37.6 Å². The number of hydrogen-bond donors (Lipinski definition) is 1. The molecule has 1 aliphatic heterocycles. The highest BCUT2D eigenvalue weighted by Crippen LogP contribution is 2.38. The van der Waals surface area contributed by atoms with E-state index in [4.69, 9.17) is 4.74 Å². The molecule has 0 bridgehead atoms. The molecule has 164 valence electrons. The van der Waals surface area contributed by atoms with Crippen molar-refractivity contribution in [3.63, 3.8) is 0 Å². The number of likely N-dealkylation sites (tertiary alicyclic amines) is 1. The van der Waals surface area contributed by atoms with Gasteiger partial charge < -0.3 is 19.6 Å². The third-order valence-electron chi connectivity index (χ3n) is 5.64. The molecule has 1 aromatic carbocycles. The average molecular weight is 424 g/mol. The molecule has 1 atom stereocenters. The molecule has 7 nitrogen and oxygen atoms in total. The van der Waals surface area contributed by atoms with Crippen molar-refractivity contribution in [3.05, 3.63) is 65.5 Å². The Kier molecular flexibility index (Phi) is 7.41. The maximum absolute atomic E-state index is 13.0. The van der Waals surface area contributed by atoms with Crippen LogP contribution in [0.3, 0.4) is 0 Å². The topological polar surface area (TPSA) is 83.0 Å². The number of hydrogen-bond acceptors (Lipinski definition) is 6. The fourth-order valence-corrected chi connectivity index (χ4v) is 3.86.